The van der Waals surface area contributed by atoms with Crippen molar-refractivity contribution in [2.45, 2.75) is 41.8 Å². The molecule has 0 spiro atoms. The lowest BCUT2D eigenvalue weighted by atomic mass is 9.71. The van der Waals surface area contributed by atoms with E-state index in [1.165, 1.54) is 0 Å². The number of hydrogen-bond donors (Lipinski definition) is 0. The minimum absolute atomic E-state index is 0.0469. The Morgan fingerprint density at radius 3 is 2.36 bits per heavy atom. The number of allylic oxidation sites excluding steroid dienone is 1. The first kappa shape index (κ1) is 13.2. The van der Waals surface area contributed by atoms with Gasteiger partial charge in [0.05, 0.1) is 5.38 Å². The van der Waals surface area contributed by atoms with Crippen LogP contribution in [0.25, 0.3) is 0 Å². The van der Waals surface area contributed by atoms with Gasteiger partial charge < -0.3 is 0 Å². The lowest BCUT2D eigenvalue weighted by Gasteiger charge is -2.46. The second-order valence-corrected chi connectivity index (χ2v) is 7.54. The molecule has 0 aromatic heterocycles. The van der Waals surface area contributed by atoms with Gasteiger partial charge >= 0.3 is 0 Å². The second kappa shape index (κ2) is 4.53. The van der Waals surface area contributed by atoms with Gasteiger partial charge in [-0.1, -0.05) is 40.5 Å². The summed E-state index contributed by atoms with van der Waals surface area (Å²) in [6, 6.07) is 0. The summed E-state index contributed by atoms with van der Waals surface area (Å²) < 4.78 is -0.0644. The van der Waals surface area contributed by atoms with Crippen LogP contribution in [0.5, 0.6) is 0 Å². The Balaban J connectivity index is 2.89. The van der Waals surface area contributed by atoms with E-state index in [0.717, 1.165) is 12.8 Å². The first-order valence-electron chi connectivity index (χ1n) is 4.57. The van der Waals surface area contributed by atoms with Crippen molar-refractivity contribution in [2.24, 2.45) is 5.41 Å². The van der Waals surface area contributed by atoms with Gasteiger partial charge in [0.1, 0.15) is 0 Å². The predicted octanol–water partition coefficient (Wildman–Crippen LogP) is 4.91. The van der Waals surface area contributed by atoms with Crippen molar-refractivity contribution in [1.29, 1.82) is 0 Å². The van der Waals surface area contributed by atoms with E-state index in [2.05, 4.69) is 29.8 Å². The summed E-state index contributed by atoms with van der Waals surface area (Å²) >= 11 is 21.8. The van der Waals surface area contributed by atoms with Gasteiger partial charge in [-0.2, -0.15) is 0 Å². The number of alkyl halides is 3. The Morgan fingerprint density at radius 1 is 1.29 bits per heavy atom. The largest absolute Gasteiger partial charge is 0.122 e. The number of hydrogen-bond acceptors (Lipinski definition) is 0. The summed E-state index contributed by atoms with van der Waals surface area (Å²) in [5.74, 6) is 0. The van der Waals surface area contributed by atoms with E-state index < -0.39 is 0 Å². The van der Waals surface area contributed by atoms with Gasteiger partial charge in [0.15, 0.2) is 0 Å². The topological polar surface area (TPSA) is 0 Å². The molecule has 0 saturated heterocycles. The van der Waals surface area contributed by atoms with Crippen LogP contribution in [0.1, 0.15) is 26.7 Å². The van der Waals surface area contributed by atoms with Gasteiger partial charge in [-0.25, -0.2) is 0 Å². The molecule has 0 amide bonds. The van der Waals surface area contributed by atoms with E-state index in [0.29, 0.717) is 0 Å². The Hall–Kier alpha value is 1.09. The molecule has 4 atom stereocenters. The van der Waals surface area contributed by atoms with Crippen LogP contribution in [-0.4, -0.2) is 15.1 Å². The average Bonchev–Trinajstić information content (AvgIpc) is 2.01. The van der Waals surface area contributed by atoms with Crippen LogP contribution in [0.2, 0.25) is 0 Å². The highest BCUT2D eigenvalue weighted by molar-refractivity contribution is 9.10. The molecule has 1 saturated carbocycles. The maximum atomic E-state index is 6.31. The van der Waals surface area contributed by atoms with E-state index in [1.54, 1.807) is 5.54 Å². The third-order valence-corrected chi connectivity index (χ3v) is 5.51. The van der Waals surface area contributed by atoms with Gasteiger partial charge in [0.2, 0.25) is 0 Å². The van der Waals surface area contributed by atoms with Gasteiger partial charge in [-0.15, -0.1) is 23.2 Å². The normalized spacial score (nSPS) is 49.9. The summed E-state index contributed by atoms with van der Waals surface area (Å²) in [7, 11) is 0. The second-order valence-electron chi connectivity index (χ2n) is 4.42. The number of halogens is 4. The highest BCUT2D eigenvalue weighted by Crippen LogP contribution is 2.50. The van der Waals surface area contributed by atoms with Crippen LogP contribution in [0.4, 0.5) is 0 Å². The van der Waals surface area contributed by atoms with E-state index in [4.69, 9.17) is 34.8 Å². The standard InChI is InChI=1S/C10H14BrCl3/c1-9(3-4-12)6-10(2,11)8(14)5-7(9)13/h3-4,7-8H,5-6H2,1-2H3/b4-3+/t7-,8+,9+,10+/m1/s1. The fraction of sp³-hybridized carbons (Fsp3) is 0.800. The lowest BCUT2D eigenvalue weighted by molar-refractivity contribution is 0.261. The Bertz CT molecular complexity index is 240. The summed E-state index contributed by atoms with van der Waals surface area (Å²) in [6.07, 6.45) is 3.66. The fourth-order valence-corrected chi connectivity index (χ4v) is 3.72. The van der Waals surface area contributed by atoms with Crippen LogP contribution in [0, 0.1) is 5.41 Å². The lowest BCUT2D eigenvalue weighted by Crippen LogP contribution is -2.46. The van der Waals surface area contributed by atoms with E-state index >= 15 is 0 Å². The van der Waals surface area contributed by atoms with Crippen molar-refractivity contribution in [2.75, 3.05) is 0 Å². The zero-order chi connectivity index (χ0) is 11.0. The molecule has 0 bridgehead atoms. The molecular formula is C10H14BrCl3. The highest BCUT2D eigenvalue weighted by atomic mass is 79.9. The average molecular weight is 320 g/mol. The molecule has 0 aromatic rings. The zero-order valence-corrected chi connectivity index (χ0v) is 12.1. The molecule has 1 aliphatic rings. The van der Waals surface area contributed by atoms with Gasteiger partial charge in [0.25, 0.3) is 0 Å². The fourth-order valence-electron chi connectivity index (χ4n) is 1.97. The SMILES string of the molecule is C[C@]1(Br)C[C@](C)(/C=C/Cl)[C@H](Cl)C[C@@H]1Cl. The molecule has 14 heavy (non-hydrogen) atoms. The van der Waals surface area contributed by atoms with Crippen LogP contribution < -0.4 is 0 Å². The Kier molecular flexibility index (Phi) is 4.26. The first-order chi connectivity index (χ1) is 6.32. The van der Waals surface area contributed by atoms with E-state index in [1.807, 2.05) is 6.08 Å². The van der Waals surface area contributed by atoms with Crippen LogP contribution in [-0.2, 0) is 0 Å². The molecule has 0 radical (unpaired) electrons. The highest BCUT2D eigenvalue weighted by Gasteiger charge is 2.47. The van der Waals surface area contributed by atoms with Gasteiger partial charge in [-0.05, 0) is 19.8 Å². The quantitative estimate of drug-likeness (QED) is 0.602. The molecule has 82 valence electrons. The number of rotatable bonds is 1. The molecular weight excluding hydrogens is 306 g/mol. The van der Waals surface area contributed by atoms with Crippen LogP contribution in [0.15, 0.2) is 11.6 Å². The van der Waals surface area contributed by atoms with Crippen molar-refractivity contribution in [3.05, 3.63) is 11.6 Å². The van der Waals surface area contributed by atoms with Crippen molar-refractivity contribution in [3.63, 3.8) is 0 Å². The molecule has 0 aromatic carbocycles. The van der Waals surface area contributed by atoms with Crippen LogP contribution in [0.3, 0.4) is 0 Å². The van der Waals surface area contributed by atoms with Crippen molar-refractivity contribution >= 4 is 50.7 Å². The minimum atomic E-state index is -0.0764. The summed E-state index contributed by atoms with van der Waals surface area (Å²) in [5, 5.41) is 0.118. The van der Waals surface area contributed by atoms with Gasteiger partial charge in [-0.3, -0.25) is 0 Å². The molecule has 0 heterocycles. The first-order valence-corrected chi connectivity index (χ1v) is 6.67. The Labute approximate surface area is 109 Å². The smallest absolute Gasteiger partial charge is 0.0501 e. The Morgan fingerprint density at radius 2 is 1.86 bits per heavy atom. The summed E-state index contributed by atoms with van der Waals surface area (Å²) in [6.45, 7) is 4.22. The predicted molar refractivity (Wildman–Crippen MR) is 68.9 cm³/mol. The molecule has 1 aliphatic carbocycles. The minimum Gasteiger partial charge on any atom is -0.122 e. The molecule has 0 nitrogen and oxygen atoms in total. The summed E-state index contributed by atoms with van der Waals surface area (Å²) in [5.41, 5.74) is 1.47. The van der Waals surface area contributed by atoms with Gasteiger partial charge in [0, 0.05) is 20.7 Å². The third-order valence-electron chi connectivity index (χ3n) is 2.95. The van der Waals surface area contributed by atoms with Crippen molar-refractivity contribution in [3.8, 4) is 0 Å². The molecule has 0 N–H and O–H groups in total. The molecule has 4 heteroatoms. The third kappa shape index (κ3) is 2.61. The zero-order valence-electron chi connectivity index (χ0n) is 8.24. The molecule has 1 rings (SSSR count). The monoisotopic (exact) mass is 318 g/mol. The maximum Gasteiger partial charge on any atom is 0.0501 e. The van der Waals surface area contributed by atoms with Crippen molar-refractivity contribution < 1.29 is 0 Å². The summed E-state index contributed by atoms with van der Waals surface area (Å²) in [4.78, 5) is 0. The van der Waals surface area contributed by atoms with Crippen LogP contribution >= 0.6 is 50.7 Å². The maximum absolute atomic E-state index is 6.31. The molecule has 1 fully saturated rings. The van der Waals surface area contributed by atoms with Crippen molar-refractivity contribution in [1.82, 2.24) is 0 Å². The molecule has 0 aliphatic heterocycles. The van der Waals surface area contributed by atoms with E-state index in [-0.39, 0.29) is 20.5 Å². The van der Waals surface area contributed by atoms with E-state index in [9.17, 15) is 0 Å². The molecule has 0 unspecified atom stereocenters.